The molecular weight excluding hydrogens is 435 g/mol. The maximum atomic E-state index is 13.4. The number of nitrogens with zero attached hydrogens (tertiary/aromatic N) is 3. The molecular formula is C21H21F5N4O2. The number of rotatable bonds is 6. The van der Waals surface area contributed by atoms with Gasteiger partial charge in [-0.1, -0.05) is 13.8 Å². The molecule has 0 bridgehead atoms. The Labute approximate surface area is 181 Å². The molecule has 1 aromatic carbocycles. The van der Waals surface area contributed by atoms with E-state index >= 15 is 0 Å². The molecule has 172 valence electrons. The largest absolute Gasteiger partial charge is 0.433 e. The van der Waals surface area contributed by atoms with Crippen LogP contribution in [0.4, 0.5) is 38.1 Å². The summed E-state index contributed by atoms with van der Waals surface area (Å²) in [6.45, 7) is 3.63. The summed E-state index contributed by atoms with van der Waals surface area (Å²) in [5.41, 5.74) is -1.000. The number of carbonyl (C=O) groups excluding carboxylic acids is 2. The number of halogens is 5. The highest BCUT2D eigenvalue weighted by Gasteiger charge is 2.40. The van der Waals surface area contributed by atoms with E-state index in [4.69, 9.17) is 0 Å². The van der Waals surface area contributed by atoms with Crippen LogP contribution in [-0.4, -0.2) is 41.0 Å². The van der Waals surface area contributed by atoms with Crippen molar-refractivity contribution in [1.82, 2.24) is 9.88 Å². The van der Waals surface area contributed by atoms with Gasteiger partial charge in [-0.3, -0.25) is 9.69 Å². The van der Waals surface area contributed by atoms with E-state index in [0.717, 1.165) is 30.5 Å². The number of aromatic nitrogens is 1. The van der Waals surface area contributed by atoms with Crippen LogP contribution >= 0.6 is 0 Å². The van der Waals surface area contributed by atoms with Crippen LogP contribution in [0.2, 0.25) is 0 Å². The van der Waals surface area contributed by atoms with Crippen molar-refractivity contribution < 1.29 is 31.5 Å². The number of anilines is 2. The SMILES string of the molecule is CC(C)CC1CN(c2ccc(C(F)(F)F)nc2)C(=O)N1CC(=O)Nc1cc(F)cc(F)c1. The van der Waals surface area contributed by atoms with Crippen LogP contribution in [0.3, 0.4) is 0 Å². The van der Waals surface area contributed by atoms with Crippen molar-refractivity contribution in [3.63, 3.8) is 0 Å². The van der Waals surface area contributed by atoms with E-state index in [2.05, 4.69) is 10.3 Å². The predicted molar refractivity (Wildman–Crippen MR) is 107 cm³/mol. The van der Waals surface area contributed by atoms with Crippen molar-refractivity contribution >= 4 is 23.3 Å². The molecule has 32 heavy (non-hydrogen) atoms. The molecule has 1 N–H and O–H groups in total. The highest BCUT2D eigenvalue weighted by molar-refractivity contribution is 5.99. The van der Waals surface area contributed by atoms with Crippen molar-refractivity contribution in [2.45, 2.75) is 32.5 Å². The smallest absolute Gasteiger partial charge is 0.324 e. The van der Waals surface area contributed by atoms with Crippen molar-refractivity contribution in [3.8, 4) is 0 Å². The Hall–Kier alpha value is -3.24. The molecule has 0 radical (unpaired) electrons. The lowest BCUT2D eigenvalue weighted by atomic mass is 10.0. The molecule has 1 saturated heterocycles. The summed E-state index contributed by atoms with van der Waals surface area (Å²) in [6.07, 6.45) is -3.10. The maximum absolute atomic E-state index is 13.4. The first-order valence-corrected chi connectivity index (χ1v) is 9.81. The first-order valence-electron chi connectivity index (χ1n) is 9.81. The summed E-state index contributed by atoms with van der Waals surface area (Å²) in [7, 11) is 0. The van der Waals surface area contributed by atoms with E-state index in [1.165, 1.54) is 9.80 Å². The molecule has 6 nitrogen and oxygen atoms in total. The van der Waals surface area contributed by atoms with E-state index in [1.54, 1.807) is 0 Å². The lowest BCUT2D eigenvalue weighted by Gasteiger charge is -2.24. The second kappa shape index (κ2) is 9.09. The molecule has 0 spiro atoms. The Kier molecular flexibility index (Phi) is 6.65. The number of nitrogens with one attached hydrogen (secondary N) is 1. The van der Waals surface area contributed by atoms with Crippen LogP contribution in [0.25, 0.3) is 0 Å². The van der Waals surface area contributed by atoms with Crippen molar-refractivity contribution in [2.75, 3.05) is 23.3 Å². The maximum Gasteiger partial charge on any atom is 0.433 e. The van der Waals surface area contributed by atoms with Gasteiger partial charge < -0.3 is 10.2 Å². The van der Waals surface area contributed by atoms with Gasteiger partial charge in [0.1, 0.15) is 23.9 Å². The normalized spacial score (nSPS) is 16.8. The molecule has 11 heteroatoms. The molecule has 1 aliphatic rings. The Bertz CT molecular complexity index is 974. The van der Waals surface area contributed by atoms with Gasteiger partial charge in [0.2, 0.25) is 5.91 Å². The molecule has 1 atom stereocenters. The van der Waals surface area contributed by atoms with Gasteiger partial charge in [-0.2, -0.15) is 13.2 Å². The summed E-state index contributed by atoms with van der Waals surface area (Å²) >= 11 is 0. The molecule has 1 fully saturated rings. The van der Waals surface area contributed by atoms with Crippen molar-refractivity contribution in [1.29, 1.82) is 0 Å². The predicted octanol–water partition coefficient (Wildman–Crippen LogP) is 4.67. The number of hydrogen-bond acceptors (Lipinski definition) is 3. The Morgan fingerprint density at radius 1 is 1.19 bits per heavy atom. The number of hydrogen-bond donors (Lipinski definition) is 1. The fourth-order valence-electron chi connectivity index (χ4n) is 3.55. The number of urea groups is 1. The Balaban J connectivity index is 1.77. The minimum absolute atomic E-state index is 0.0941. The van der Waals surface area contributed by atoms with E-state index in [0.29, 0.717) is 12.5 Å². The minimum atomic E-state index is -4.60. The average Bonchev–Trinajstić information content (AvgIpc) is 2.95. The van der Waals surface area contributed by atoms with Crippen LogP contribution < -0.4 is 10.2 Å². The zero-order valence-corrected chi connectivity index (χ0v) is 17.3. The standard InChI is InChI=1S/C21H21F5N4O2/c1-12(2)5-17-10-29(16-3-4-18(27-9-16)21(24,25)26)20(32)30(17)11-19(31)28-15-7-13(22)6-14(23)8-15/h3-4,6-9,12,17H,5,10-11H2,1-2H3,(H,28,31). The van der Waals surface area contributed by atoms with Crippen LogP contribution in [0.5, 0.6) is 0 Å². The molecule has 3 rings (SSSR count). The third-order valence-corrected chi connectivity index (χ3v) is 4.86. The first kappa shape index (κ1) is 23.4. The highest BCUT2D eigenvalue weighted by Crippen LogP contribution is 2.31. The summed E-state index contributed by atoms with van der Waals surface area (Å²) in [5, 5.41) is 2.35. The molecule has 0 aliphatic carbocycles. The third kappa shape index (κ3) is 5.51. The van der Waals surface area contributed by atoms with E-state index in [-0.39, 0.29) is 36.4 Å². The quantitative estimate of drug-likeness (QED) is 0.643. The summed E-state index contributed by atoms with van der Waals surface area (Å²) < 4.78 is 65.0. The van der Waals surface area contributed by atoms with Gasteiger partial charge in [0.25, 0.3) is 0 Å². The molecule has 1 aliphatic heterocycles. The van der Waals surface area contributed by atoms with Gasteiger partial charge in [0, 0.05) is 18.3 Å². The van der Waals surface area contributed by atoms with Gasteiger partial charge >= 0.3 is 12.2 Å². The summed E-state index contributed by atoms with van der Waals surface area (Å²) in [6, 6.07) is 3.52. The number of carbonyl (C=O) groups is 2. The molecule has 1 unspecified atom stereocenters. The van der Waals surface area contributed by atoms with Gasteiger partial charge in [-0.05, 0) is 36.6 Å². The summed E-state index contributed by atoms with van der Waals surface area (Å²) in [5.74, 6) is -2.22. The number of pyridine rings is 1. The van der Waals surface area contributed by atoms with E-state index < -0.39 is 35.4 Å². The first-order chi connectivity index (χ1) is 14.9. The number of benzene rings is 1. The Morgan fingerprint density at radius 3 is 2.38 bits per heavy atom. The van der Waals surface area contributed by atoms with Crippen LogP contribution in [0, 0.1) is 17.6 Å². The van der Waals surface area contributed by atoms with Crippen molar-refractivity contribution in [2.24, 2.45) is 5.92 Å². The highest BCUT2D eigenvalue weighted by atomic mass is 19.4. The van der Waals surface area contributed by atoms with Gasteiger partial charge in [-0.15, -0.1) is 0 Å². The van der Waals surface area contributed by atoms with E-state index in [9.17, 15) is 31.5 Å². The molecule has 2 heterocycles. The van der Waals surface area contributed by atoms with Crippen LogP contribution in [-0.2, 0) is 11.0 Å². The number of alkyl halides is 3. The Morgan fingerprint density at radius 2 is 1.84 bits per heavy atom. The van der Waals surface area contributed by atoms with E-state index in [1.807, 2.05) is 13.8 Å². The lowest BCUT2D eigenvalue weighted by molar-refractivity contribution is -0.141. The minimum Gasteiger partial charge on any atom is -0.324 e. The van der Waals surface area contributed by atoms with Gasteiger partial charge in [0.05, 0.1) is 17.9 Å². The molecule has 0 saturated carbocycles. The molecule has 2 aromatic rings. The van der Waals surface area contributed by atoms with Gasteiger partial charge in [-0.25, -0.2) is 18.6 Å². The van der Waals surface area contributed by atoms with Crippen LogP contribution in [0.15, 0.2) is 36.5 Å². The number of amides is 3. The third-order valence-electron chi connectivity index (χ3n) is 4.86. The summed E-state index contributed by atoms with van der Waals surface area (Å²) in [4.78, 5) is 31.4. The average molecular weight is 456 g/mol. The van der Waals surface area contributed by atoms with Crippen LogP contribution in [0.1, 0.15) is 26.0 Å². The monoisotopic (exact) mass is 456 g/mol. The zero-order chi connectivity index (χ0) is 23.6. The van der Waals surface area contributed by atoms with Crippen molar-refractivity contribution in [3.05, 3.63) is 53.9 Å². The molecule has 1 aromatic heterocycles. The fourth-order valence-corrected chi connectivity index (χ4v) is 3.55. The second-order valence-electron chi connectivity index (χ2n) is 7.91. The zero-order valence-electron chi connectivity index (χ0n) is 17.3. The molecule has 3 amide bonds. The fraction of sp³-hybridized carbons (Fsp3) is 0.381. The topological polar surface area (TPSA) is 65.5 Å². The lowest BCUT2D eigenvalue weighted by Crippen LogP contribution is -2.41. The van der Waals surface area contributed by atoms with Gasteiger partial charge in [0.15, 0.2) is 0 Å². The second-order valence-corrected chi connectivity index (χ2v) is 7.91.